The van der Waals surface area contributed by atoms with Gasteiger partial charge in [-0.25, -0.2) is 14.4 Å². The average molecular weight is 357 g/mol. The molecular weight excluding hydrogens is 341 g/mol. The third kappa shape index (κ3) is 3.56. The Morgan fingerprint density at radius 1 is 1.24 bits per heavy atom. The van der Waals surface area contributed by atoms with E-state index in [0.29, 0.717) is 27.9 Å². The summed E-state index contributed by atoms with van der Waals surface area (Å²) in [6, 6.07) is 8.13. The van der Waals surface area contributed by atoms with Gasteiger partial charge in [0.15, 0.2) is 11.6 Å². The van der Waals surface area contributed by atoms with E-state index in [-0.39, 0.29) is 5.69 Å². The van der Waals surface area contributed by atoms with Gasteiger partial charge in [-0.05, 0) is 49.9 Å². The largest absolute Gasteiger partial charge is 0.461 e. The molecule has 0 radical (unpaired) electrons. The maximum Gasteiger partial charge on any atom is 0.260 e. The Kier molecular flexibility index (Phi) is 4.85. The first-order valence-corrected chi connectivity index (χ1v) is 8.76. The number of hydrogen-bond donors (Lipinski definition) is 1. The highest BCUT2D eigenvalue weighted by Gasteiger charge is 2.20. The number of rotatable bonds is 4. The van der Waals surface area contributed by atoms with Crippen molar-refractivity contribution in [3.63, 3.8) is 0 Å². The van der Waals surface area contributed by atoms with Crippen LogP contribution < -0.4 is 5.32 Å². The van der Waals surface area contributed by atoms with Crippen LogP contribution in [0.25, 0.3) is 11.6 Å². The summed E-state index contributed by atoms with van der Waals surface area (Å²) >= 11 is 1.32. The molecule has 2 heterocycles. The van der Waals surface area contributed by atoms with Crippen LogP contribution in [-0.2, 0) is 0 Å². The van der Waals surface area contributed by atoms with Crippen molar-refractivity contribution in [1.29, 1.82) is 0 Å². The second-order valence-corrected chi connectivity index (χ2v) is 6.23. The zero-order valence-corrected chi connectivity index (χ0v) is 14.8. The number of anilines is 1. The Hall–Kier alpha value is -2.67. The highest BCUT2D eigenvalue weighted by molar-refractivity contribution is 7.98. The summed E-state index contributed by atoms with van der Waals surface area (Å²) in [4.78, 5) is 21.4. The van der Waals surface area contributed by atoms with Gasteiger partial charge in [-0.1, -0.05) is 6.07 Å². The minimum absolute atomic E-state index is 0.122. The third-order valence-corrected chi connectivity index (χ3v) is 4.27. The molecular formula is C18H16FN3O2S. The van der Waals surface area contributed by atoms with Gasteiger partial charge in [0.25, 0.3) is 5.91 Å². The summed E-state index contributed by atoms with van der Waals surface area (Å²) in [6.07, 6.45) is 3.35. The second kappa shape index (κ2) is 7.06. The molecule has 1 amide bonds. The van der Waals surface area contributed by atoms with Crippen molar-refractivity contribution in [3.05, 3.63) is 59.2 Å². The molecule has 1 aromatic carbocycles. The number of carbonyl (C=O) groups is 1. The predicted molar refractivity (Wildman–Crippen MR) is 95.3 cm³/mol. The van der Waals surface area contributed by atoms with E-state index in [1.165, 1.54) is 30.2 Å². The van der Waals surface area contributed by atoms with Gasteiger partial charge in [-0.2, -0.15) is 0 Å². The van der Waals surface area contributed by atoms with E-state index < -0.39 is 11.7 Å². The molecule has 0 unspecified atom stereocenters. The van der Waals surface area contributed by atoms with Gasteiger partial charge in [0.05, 0.1) is 23.2 Å². The standard InChI is InChI=1S/C18H16FN3O2S/c1-10-6-7-13(12(19)9-10)21-17(23)15-11(2)20-16(22-18(15)25-3)14-5-4-8-24-14/h4-9H,1-3H3,(H,21,23). The molecule has 0 fully saturated rings. The maximum atomic E-state index is 14.0. The molecule has 0 aliphatic rings. The molecule has 3 rings (SSSR count). The van der Waals surface area contributed by atoms with Crippen molar-refractivity contribution in [2.24, 2.45) is 0 Å². The van der Waals surface area contributed by atoms with Crippen LogP contribution in [0.15, 0.2) is 46.0 Å². The number of carbonyl (C=O) groups excluding carboxylic acids is 1. The van der Waals surface area contributed by atoms with Gasteiger partial charge in [-0.3, -0.25) is 4.79 Å². The van der Waals surface area contributed by atoms with Crippen LogP contribution in [0.2, 0.25) is 0 Å². The number of furan rings is 1. The van der Waals surface area contributed by atoms with E-state index in [9.17, 15) is 9.18 Å². The van der Waals surface area contributed by atoms with E-state index in [0.717, 1.165) is 5.56 Å². The third-order valence-electron chi connectivity index (χ3n) is 3.59. The zero-order chi connectivity index (χ0) is 18.0. The smallest absolute Gasteiger partial charge is 0.260 e. The number of aryl methyl sites for hydroxylation is 2. The van der Waals surface area contributed by atoms with Gasteiger partial charge in [-0.15, -0.1) is 11.8 Å². The first-order valence-electron chi connectivity index (χ1n) is 7.53. The zero-order valence-electron chi connectivity index (χ0n) is 14.0. The van der Waals surface area contributed by atoms with E-state index in [4.69, 9.17) is 4.42 Å². The average Bonchev–Trinajstić information content (AvgIpc) is 3.11. The van der Waals surface area contributed by atoms with Gasteiger partial charge in [0, 0.05) is 0 Å². The Morgan fingerprint density at radius 2 is 2.04 bits per heavy atom. The van der Waals surface area contributed by atoms with Gasteiger partial charge >= 0.3 is 0 Å². The lowest BCUT2D eigenvalue weighted by atomic mass is 10.2. The van der Waals surface area contributed by atoms with Crippen LogP contribution in [0.5, 0.6) is 0 Å². The molecule has 0 aliphatic carbocycles. The highest BCUT2D eigenvalue weighted by atomic mass is 32.2. The monoisotopic (exact) mass is 357 g/mol. The van der Waals surface area contributed by atoms with E-state index in [1.54, 1.807) is 32.0 Å². The minimum atomic E-state index is -0.482. The summed E-state index contributed by atoms with van der Waals surface area (Å²) in [6.45, 7) is 3.50. The van der Waals surface area contributed by atoms with E-state index >= 15 is 0 Å². The number of benzene rings is 1. The van der Waals surface area contributed by atoms with Crippen LogP contribution >= 0.6 is 11.8 Å². The Bertz CT molecular complexity index is 926. The number of thioether (sulfide) groups is 1. The fourth-order valence-electron chi connectivity index (χ4n) is 2.38. The van der Waals surface area contributed by atoms with Crippen LogP contribution in [0, 0.1) is 19.7 Å². The minimum Gasteiger partial charge on any atom is -0.461 e. The lowest BCUT2D eigenvalue weighted by Crippen LogP contribution is -2.17. The SMILES string of the molecule is CSc1nc(-c2ccco2)nc(C)c1C(=O)Nc1ccc(C)cc1F. The summed E-state index contributed by atoms with van der Waals surface area (Å²) in [7, 11) is 0. The van der Waals surface area contributed by atoms with Crippen LogP contribution in [0.4, 0.5) is 10.1 Å². The quantitative estimate of drug-likeness (QED) is 0.551. The topological polar surface area (TPSA) is 68.0 Å². The first-order chi connectivity index (χ1) is 12.0. The fourth-order valence-corrected chi connectivity index (χ4v) is 3.00. The molecule has 7 heteroatoms. The molecule has 3 aromatic rings. The Balaban J connectivity index is 1.97. The lowest BCUT2D eigenvalue weighted by molar-refractivity contribution is 0.102. The number of amides is 1. The predicted octanol–water partition coefficient (Wildman–Crippen LogP) is 4.47. The Morgan fingerprint density at radius 3 is 2.68 bits per heavy atom. The molecule has 5 nitrogen and oxygen atoms in total. The normalized spacial score (nSPS) is 10.7. The molecule has 2 aromatic heterocycles. The molecule has 25 heavy (non-hydrogen) atoms. The summed E-state index contributed by atoms with van der Waals surface area (Å²) in [5.41, 5.74) is 1.72. The van der Waals surface area contributed by atoms with Gasteiger partial charge in [0.2, 0.25) is 0 Å². The number of halogens is 1. The van der Waals surface area contributed by atoms with Crippen molar-refractivity contribution < 1.29 is 13.6 Å². The Labute approximate surface area is 148 Å². The van der Waals surface area contributed by atoms with Crippen molar-refractivity contribution in [3.8, 4) is 11.6 Å². The molecule has 0 saturated heterocycles. The van der Waals surface area contributed by atoms with Crippen LogP contribution in [0.3, 0.4) is 0 Å². The van der Waals surface area contributed by atoms with Crippen molar-refractivity contribution in [1.82, 2.24) is 9.97 Å². The number of nitrogens with zero attached hydrogens (tertiary/aromatic N) is 2. The van der Waals surface area contributed by atoms with Crippen LogP contribution in [0.1, 0.15) is 21.6 Å². The van der Waals surface area contributed by atoms with E-state index in [1.807, 2.05) is 6.26 Å². The van der Waals surface area contributed by atoms with Gasteiger partial charge in [0.1, 0.15) is 10.8 Å². The molecule has 128 valence electrons. The number of hydrogen-bond acceptors (Lipinski definition) is 5. The van der Waals surface area contributed by atoms with E-state index in [2.05, 4.69) is 15.3 Å². The summed E-state index contributed by atoms with van der Waals surface area (Å²) in [5.74, 6) is 0.000260. The number of nitrogens with one attached hydrogen (secondary N) is 1. The van der Waals surface area contributed by atoms with Crippen LogP contribution in [-0.4, -0.2) is 22.1 Å². The molecule has 0 bridgehead atoms. The molecule has 1 N–H and O–H groups in total. The second-order valence-electron chi connectivity index (χ2n) is 5.43. The van der Waals surface area contributed by atoms with Gasteiger partial charge < -0.3 is 9.73 Å². The summed E-state index contributed by atoms with van der Waals surface area (Å²) < 4.78 is 19.3. The number of aromatic nitrogens is 2. The molecule has 0 spiro atoms. The summed E-state index contributed by atoms with van der Waals surface area (Å²) in [5, 5.41) is 3.10. The maximum absolute atomic E-state index is 14.0. The van der Waals surface area contributed by atoms with Crippen molar-refractivity contribution in [2.45, 2.75) is 18.9 Å². The van der Waals surface area contributed by atoms with Crippen molar-refractivity contribution >= 4 is 23.4 Å². The highest BCUT2D eigenvalue weighted by Crippen LogP contribution is 2.26. The molecule has 0 saturated carbocycles. The molecule has 0 atom stereocenters. The lowest BCUT2D eigenvalue weighted by Gasteiger charge is -2.12. The fraction of sp³-hybridized carbons (Fsp3) is 0.167. The van der Waals surface area contributed by atoms with Crippen molar-refractivity contribution in [2.75, 3.05) is 11.6 Å². The first kappa shape index (κ1) is 17.2. The molecule has 0 aliphatic heterocycles.